The van der Waals surface area contributed by atoms with Crippen LogP contribution in [0.5, 0.6) is 46.0 Å². The molecule has 10 heteroatoms. The fourth-order valence-corrected chi connectivity index (χ4v) is 6.42. The van der Waals surface area contributed by atoms with E-state index in [1.165, 1.54) is 43.5 Å². The van der Waals surface area contributed by atoms with Crippen molar-refractivity contribution in [3.8, 4) is 46.0 Å². The van der Waals surface area contributed by atoms with Gasteiger partial charge in [0.2, 0.25) is 9.84 Å². The van der Waals surface area contributed by atoms with Gasteiger partial charge < -0.3 is 29.2 Å². The third kappa shape index (κ3) is 7.56. The molecule has 0 fully saturated rings. The highest BCUT2D eigenvalue weighted by atomic mass is 32.2. The van der Waals surface area contributed by atoms with Crippen molar-refractivity contribution in [1.82, 2.24) is 0 Å². The molecule has 0 heterocycles. The Labute approximate surface area is 289 Å². The second kappa shape index (κ2) is 14.5. The summed E-state index contributed by atoms with van der Waals surface area (Å²) in [5.41, 5.74) is 2.25. The number of aromatic hydroxyl groups is 2. The number of carbonyl (C=O) groups is 1. The average Bonchev–Trinajstić information content (AvgIpc) is 3.13. The number of ketones is 1. The minimum Gasteiger partial charge on any atom is -0.508 e. The van der Waals surface area contributed by atoms with E-state index in [0.29, 0.717) is 46.5 Å². The van der Waals surface area contributed by atoms with Gasteiger partial charge in [0.25, 0.3) is 0 Å². The van der Waals surface area contributed by atoms with Gasteiger partial charge in [0.1, 0.15) is 46.0 Å². The van der Waals surface area contributed by atoms with Gasteiger partial charge in [-0.2, -0.15) is 0 Å². The standard InChI is InChI=1S/C40H32O9S/c1-46-33-12-7-28(38(41)24-33)23-26-3-8-29(9-4-26)48-31-13-18-35(19-14-31)50(44,45)36-20-15-32(16-21-36)49-30-10-5-27(6-11-30)40(43)37-22-17-34(47-2)25-39(37)42/h3-22,24-25,41-42H,23H2,1-2H3. The summed E-state index contributed by atoms with van der Waals surface area (Å²) >= 11 is 0. The Kier molecular flexibility index (Phi) is 9.73. The van der Waals surface area contributed by atoms with Gasteiger partial charge in [-0.3, -0.25) is 4.79 Å². The fourth-order valence-electron chi connectivity index (χ4n) is 5.16. The zero-order valence-electron chi connectivity index (χ0n) is 27.1. The van der Waals surface area contributed by atoms with Gasteiger partial charge >= 0.3 is 0 Å². The van der Waals surface area contributed by atoms with E-state index in [4.69, 9.17) is 18.9 Å². The van der Waals surface area contributed by atoms with E-state index in [1.807, 2.05) is 30.3 Å². The van der Waals surface area contributed by atoms with Crippen LogP contribution in [-0.4, -0.2) is 38.6 Å². The Morgan fingerprint density at radius 3 is 1.42 bits per heavy atom. The first-order chi connectivity index (χ1) is 24.1. The summed E-state index contributed by atoms with van der Waals surface area (Å²) in [7, 11) is -0.798. The molecule has 0 aliphatic rings. The predicted octanol–water partition coefficient (Wildman–Crippen LogP) is 8.35. The molecule has 0 saturated carbocycles. The molecule has 0 aliphatic heterocycles. The monoisotopic (exact) mass is 688 g/mol. The Hall–Kier alpha value is -6.26. The molecular formula is C40H32O9S. The van der Waals surface area contributed by atoms with Crippen molar-refractivity contribution in [3.05, 3.63) is 156 Å². The number of sulfone groups is 1. The van der Waals surface area contributed by atoms with Crippen LogP contribution in [0.3, 0.4) is 0 Å². The number of ether oxygens (including phenoxy) is 4. The summed E-state index contributed by atoms with van der Waals surface area (Å²) in [5.74, 6) is 2.55. The highest BCUT2D eigenvalue weighted by Gasteiger charge is 2.19. The SMILES string of the molecule is COc1ccc(Cc2ccc(Oc3ccc(S(=O)(=O)c4ccc(Oc5ccc(C(=O)c6ccc(OC)cc6O)cc5)cc4)cc3)cc2)c(O)c1. The van der Waals surface area contributed by atoms with Gasteiger partial charge in [0.15, 0.2) is 5.78 Å². The molecule has 9 nitrogen and oxygen atoms in total. The van der Waals surface area contributed by atoms with Crippen LogP contribution in [-0.2, 0) is 16.3 Å². The van der Waals surface area contributed by atoms with Crippen molar-refractivity contribution < 1.29 is 42.4 Å². The lowest BCUT2D eigenvalue weighted by molar-refractivity contribution is 0.103. The number of rotatable bonds is 12. The molecule has 0 radical (unpaired) electrons. The minimum atomic E-state index is -3.82. The maximum atomic E-state index is 13.3. The lowest BCUT2D eigenvalue weighted by Gasteiger charge is -2.10. The van der Waals surface area contributed by atoms with Crippen molar-refractivity contribution >= 4 is 15.6 Å². The average molecular weight is 689 g/mol. The molecule has 0 atom stereocenters. The van der Waals surface area contributed by atoms with Crippen molar-refractivity contribution in [1.29, 1.82) is 0 Å². The summed E-state index contributed by atoms with van der Waals surface area (Å²) in [6.45, 7) is 0. The number of benzene rings is 6. The Balaban J connectivity index is 1.06. The van der Waals surface area contributed by atoms with Crippen LogP contribution in [0, 0.1) is 0 Å². The third-order valence-corrected chi connectivity index (χ3v) is 9.70. The number of phenolic OH excluding ortho intramolecular Hbond substituents is 2. The van der Waals surface area contributed by atoms with Crippen LogP contribution in [0.25, 0.3) is 0 Å². The second-order valence-corrected chi connectivity index (χ2v) is 13.2. The van der Waals surface area contributed by atoms with Gasteiger partial charge in [-0.1, -0.05) is 18.2 Å². The Bertz CT molecular complexity index is 2230. The normalized spacial score (nSPS) is 11.1. The van der Waals surface area contributed by atoms with Gasteiger partial charge in [0, 0.05) is 24.1 Å². The number of methoxy groups -OCH3 is 2. The highest BCUT2D eigenvalue weighted by molar-refractivity contribution is 7.91. The van der Waals surface area contributed by atoms with Crippen molar-refractivity contribution in [2.75, 3.05) is 14.2 Å². The van der Waals surface area contributed by atoms with E-state index in [-0.39, 0.29) is 32.6 Å². The van der Waals surface area contributed by atoms with Crippen LogP contribution in [0.1, 0.15) is 27.0 Å². The summed E-state index contributed by atoms with van der Waals surface area (Å²) in [6, 6.07) is 35.7. The number of hydrogen-bond acceptors (Lipinski definition) is 9. The highest BCUT2D eigenvalue weighted by Crippen LogP contribution is 2.31. The molecule has 0 saturated heterocycles. The third-order valence-electron chi connectivity index (χ3n) is 7.92. The van der Waals surface area contributed by atoms with Crippen LogP contribution in [0.15, 0.2) is 143 Å². The fraction of sp³-hybridized carbons (Fsp3) is 0.0750. The molecule has 0 unspecified atom stereocenters. The zero-order chi connectivity index (χ0) is 35.3. The number of carbonyl (C=O) groups excluding carboxylic acids is 1. The summed E-state index contributed by atoms with van der Waals surface area (Å²) in [6.07, 6.45) is 0.532. The van der Waals surface area contributed by atoms with Gasteiger partial charge in [-0.05, 0) is 114 Å². The van der Waals surface area contributed by atoms with Crippen LogP contribution in [0.4, 0.5) is 0 Å². The molecule has 50 heavy (non-hydrogen) atoms. The molecule has 0 bridgehead atoms. The zero-order valence-corrected chi connectivity index (χ0v) is 27.9. The summed E-state index contributed by atoms with van der Waals surface area (Å²) in [5, 5.41) is 20.4. The van der Waals surface area contributed by atoms with Crippen LogP contribution < -0.4 is 18.9 Å². The quantitative estimate of drug-likeness (QED) is 0.122. The predicted molar refractivity (Wildman–Crippen MR) is 187 cm³/mol. The molecule has 252 valence electrons. The van der Waals surface area contributed by atoms with E-state index in [0.717, 1.165) is 11.1 Å². The van der Waals surface area contributed by atoms with E-state index in [9.17, 15) is 23.4 Å². The van der Waals surface area contributed by atoms with E-state index in [2.05, 4.69) is 0 Å². The van der Waals surface area contributed by atoms with Gasteiger partial charge in [-0.15, -0.1) is 0 Å². The first kappa shape index (κ1) is 33.6. The molecule has 0 aliphatic carbocycles. The lowest BCUT2D eigenvalue weighted by Crippen LogP contribution is -2.02. The van der Waals surface area contributed by atoms with Crippen molar-refractivity contribution in [2.24, 2.45) is 0 Å². The van der Waals surface area contributed by atoms with Crippen molar-refractivity contribution in [3.63, 3.8) is 0 Å². The van der Waals surface area contributed by atoms with Gasteiger partial charge in [-0.25, -0.2) is 8.42 Å². The van der Waals surface area contributed by atoms with E-state index in [1.54, 1.807) is 73.8 Å². The first-order valence-corrected chi connectivity index (χ1v) is 16.9. The molecule has 6 aromatic rings. The molecule has 0 spiro atoms. The maximum Gasteiger partial charge on any atom is 0.206 e. The first-order valence-electron chi connectivity index (χ1n) is 15.4. The minimum absolute atomic E-state index is 0.0947. The second-order valence-electron chi connectivity index (χ2n) is 11.2. The molecule has 0 aromatic heterocycles. The smallest absolute Gasteiger partial charge is 0.206 e. The van der Waals surface area contributed by atoms with Crippen LogP contribution >= 0.6 is 0 Å². The van der Waals surface area contributed by atoms with Gasteiger partial charge in [0.05, 0.1) is 29.6 Å². The molecule has 2 N–H and O–H groups in total. The topological polar surface area (TPSA) is 129 Å². The van der Waals surface area contributed by atoms with Crippen LogP contribution in [0.2, 0.25) is 0 Å². The summed E-state index contributed by atoms with van der Waals surface area (Å²) < 4.78 is 48.7. The lowest BCUT2D eigenvalue weighted by atomic mass is 10.0. The van der Waals surface area contributed by atoms with E-state index >= 15 is 0 Å². The molecular weight excluding hydrogens is 656 g/mol. The van der Waals surface area contributed by atoms with E-state index < -0.39 is 9.84 Å². The molecule has 0 amide bonds. The molecule has 6 rings (SSSR count). The Morgan fingerprint density at radius 2 is 0.960 bits per heavy atom. The van der Waals surface area contributed by atoms with Crippen molar-refractivity contribution in [2.45, 2.75) is 16.2 Å². The largest absolute Gasteiger partial charge is 0.508 e. The number of hydrogen-bond donors (Lipinski definition) is 2. The number of phenols is 2. The maximum absolute atomic E-state index is 13.3. The molecule has 6 aromatic carbocycles. The Morgan fingerprint density at radius 1 is 0.540 bits per heavy atom. The summed E-state index contributed by atoms with van der Waals surface area (Å²) in [4.78, 5) is 13.1.